The van der Waals surface area contributed by atoms with Crippen LogP contribution in [0.25, 0.3) is 0 Å². The van der Waals surface area contributed by atoms with Crippen molar-refractivity contribution in [2.45, 2.75) is 45.2 Å². The van der Waals surface area contributed by atoms with Crippen molar-refractivity contribution in [2.75, 3.05) is 13.1 Å². The second-order valence-corrected chi connectivity index (χ2v) is 4.75. The monoisotopic (exact) mass is 298 g/mol. The van der Waals surface area contributed by atoms with Crippen LogP contribution in [0.15, 0.2) is 0 Å². The van der Waals surface area contributed by atoms with Gasteiger partial charge in [-0.3, -0.25) is 4.79 Å². The number of rotatable bonds is 9. The SMILES string of the molecule is CC(CCC(=O)O)CNC(=O)NCCCCC(F)(F)F. The lowest BCUT2D eigenvalue weighted by atomic mass is 10.1. The van der Waals surface area contributed by atoms with Crippen LogP contribution in [0.5, 0.6) is 0 Å². The van der Waals surface area contributed by atoms with E-state index in [4.69, 9.17) is 5.11 Å². The number of carboxylic acids is 1. The molecule has 0 bridgehead atoms. The van der Waals surface area contributed by atoms with Gasteiger partial charge in [-0.05, 0) is 25.2 Å². The Morgan fingerprint density at radius 2 is 1.85 bits per heavy atom. The molecule has 1 unspecified atom stereocenters. The highest BCUT2D eigenvalue weighted by atomic mass is 19.4. The topological polar surface area (TPSA) is 78.4 Å². The standard InChI is InChI=1S/C12H21F3N2O3/c1-9(4-5-10(18)19)8-17-11(20)16-7-3-2-6-12(13,14)15/h9H,2-8H2,1H3,(H,18,19)(H2,16,17,20). The highest BCUT2D eigenvalue weighted by Crippen LogP contribution is 2.21. The molecule has 0 rings (SSSR count). The number of halogens is 3. The molecule has 0 spiro atoms. The Balaban J connectivity index is 3.52. The van der Waals surface area contributed by atoms with E-state index in [0.29, 0.717) is 13.0 Å². The first-order valence-electron chi connectivity index (χ1n) is 6.51. The Morgan fingerprint density at radius 1 is 1.20 bits per heavy atom. The summed E-state index contributed by atoms with van der Waals surface area (Å²) in [6.07, 6.45) is -4.24. The lowest BCUT2D eigenvalue weighted by Gasteiger charge is -2.12. The van der Waals surface area contributed by atoms with Gasteiger partial charge in [0, 0.05) is 25.9 Å². The molecule has 0 aromatic rings. The number of carbonyl (C=O) groups excluding carboxylic acids is 1. The highest BCUT2D eigenvalue weighted by Gasteiger charge is 2.25. The van der Waals surface area contributed by atoms with Crippen LogP contribution >= 0.6 is 0 Å². The molecule has 0 aliphatic heterocycles. The highest BCUT2D eigenvalue weighted by molar-refractivity contribution is 5.73. The lowest BCUT2D eigenvalue weighted by molar-refractivity contribution is -0.137. The third-order valence-corrected chi connectivity index (χ3v) is 2.63. The van der Waals surface area contributed by atoms with Gasteiger partial charge in [0.2, 0.25) is 0 Å². The molecule has 3 N–H and O–H groups in total. The molecule has 0 saturated carbocycles. The number of alkyl halides is 3. The number of amides is 2. The maximum atomic E-state index is 11.8. The van der Waals surface area contributed by atoms with E-state index in [-0.39, 0.29) is 31.7 Å². The molecule has 5 nitrogen and oxygen atoms in total. The van der Waals surface area contributed by atoms with Crippen molar-refractivity contribution in [3.05, 3.63) is 0 Å². The zero-order valence-corrected chi connectivity index (χ0v) is 11.4. The molecule has 8 heteroatoms. The van der Waals surface area contributed by atoms with Crippen molar-refractivity contribution in [1.29, 1.82) is 0 Å². The summed E-state index contributed by atoms with van der Waals surface area (Å²) < 4.78 is 35.5. The van der Waals surface area contributed by atoms with Gasteiger partial charge in [-0.1, -0.05) is 6.92 Å². The van der Waals surface area contributed by atoms with Crippen LogP contribution in [0.1, 0.15) is 39.0 Å². The molecule has 0 aromatic carbocycles. The molecule has 118 valence electrons. The van der Waals surface area contributed by atoms with E-state index in [1.54, 1.807) is 0 Å². The van der Waals surface area contributed by atoms with E-state index in [9.17, 15) is 22.8 Å². The Hall–Kier alpha value is -1.47. The third kappa shape index (κ3) is 13.0. The average molecular weight is 298 g/mol. The Bertz CT molecular complexity index is 309. The fraction of sp³-hybridized carbons (Fsp3) is 0.833. The Kier molecular flexibility index (Phi) is 8.74. The summed E-state index contributed by atoms with van der Waals surface area (Å²) >= 11 is 0. The molecule has 0 saturated heterocycles. The minimum atomic E-state index is -4.15. The number of urea groups is 1. The normalized spacial score (nSPS) is 12.8. The minimum Gasteiger partial charge on any atom is -0.481 e. The maximum Gasteiger partial charge on any atom is 0.389 e. The van der Waals surface area contributed by atoms with Gasteiger partial charge in [0.1, 0.15) is 0 Å². The fourth-order valence-corrected chi connectivity index (χ4v) is 1.45. The zero-order chi connectivity index (χ0) is 15.6. The van der Waals surface area contributed by atoms with Crippen LogP contribution in [0.3, 0.4) is 0 Å². The van der Waals surface area contributed by atoms with Crippen molar-refractivity contribution in [2.24, 2.45) is 5.92 Å². The fourth-order valence-electron chi connectivity index (χ4n) is 1.45. The lowest BCUT2D eigenvalue weighted by Crippen LogP contribution is -2.38. The molecule has 1 atom stereocenters. The summed E-state index contributed by atoms with van der Waals surface area (Å²) in [6.45, 7) is 2.33. The van der Waals surface area contributed by atoms with Gasteiger partial charge in [-0.15, -0.1) is 0 Å². The van der Waals surface area contributed by atoms with Gasteiger partial charge in [-0.2, -0.15) is 13.2 Å². The van der Waals surface area contributed by atoms with Crippen LogP contribution in [0.4, 0.5) is 18.0 Å². The molecule has 0 aliphatic rings. The largest absolute Gasteiger partial charge is 0.481 e. The third-order valence-electron chi connectivity index (χ3n) is 2.63. The summed E-state index contributed by atoms with van der Waals surface area (Å²) in [5.41, 5.74) is 0. The predicted molar refractivity (Wildman–Crippen MR) is 67.3 cm³/mol. The predicted octanol–water partition coefficient (Wildman–Crippen LogP) is 2.52. The number of unbranched alkanes of at least 4 members (excludes halogenated alkanes) is 1. The molecule has 0 fully saturated rings. The van der Waals surface area contributed by atoms with Crippen molar-refractivity contribution < 1.29 is 27.9 Å². The van der Waals surface area contributed by atoms with Crippen molar-refractivity contribution in [3.8, 4) is 0 Å². The second kappa shape index (κ2) is 9.44. The van der Waals surface area contributed by atoms with Crippen molar-refractivity contribution >= 4 is 12.0 Å². The molecule has 0 aliphatic carbocycles. The van der Waals surface area contributed by atoms with Gasteiger partial charge in [0.15, 0.2) is 0 Å². The summed E-state index contributed by atoms with van der Waals surface area (Å²) in [7, 11) is 0. The molecule has 20 heavy (non-hydrogen) atoms. The summed E-state index contributed by atoms with van der Waals surface area (Å²) in [5.74, 6) is -0.854. The zero-order valence-electron chi connectivity index (χ0n) is 11.4. The maximum absolute atomic E-state index is 11.8. The first-order chi connectivity index (χ1) is 9.20. The van der Waals surface area contributed by atoms with Crippen LogP contribution in [-0.2, 0) is 4.79 Å². The summed E-state index contributed by atoms with van der Waals surface area (Å²) in [5, 5.41) is 13.5. The number of carboxylic acid groups (broad SMARTS) is 1. The van der Waals surface area contributed by atoms with Crippen LogP contribution < -0.4 is 10.6 Å². The van der Waals surface area contributed by atoms with Crippen LogP contribution in [0, 0.1) is 5.92 Å². The number of carbonyl (C=O) groups is 2. The molecular weight excluding hydrogens is 277 g/mol. The number of hydrogen-bond acceptors (Lipinski definition) is 2. The van der Waals surface area contributed by atoms with Crippen LogP contribution in [-0.4, -0.2) is 36.4 Å². The van der Waals surface area contributed by atoms with E-state index in [0.717, 1.165) is 0 Å². The molecular formula is C12H21F3N2O3. The van der Waals surface area contributed by atoms with Crippen molar-refractivity contribution in [3.63, 3.8) is 0 Å². The minimum absolute atomic E-state index is 0.0151. The van der Waals surface area contributed by atoms with Gasteiger partial charge in [0.25, 0.3) is 0 Å². The Labute approximate surface area is 115 Å². The van der Waals surface area contributed by atoms with Gasteiger partial charge in [-0.25, -0.2) is 4.79 Å². The molecule has 2 amide bonds. The average Bonchev–Trinajstić information content (AvgIpc) is 2.32. The van der Waals surface area contributed by atoms with Gasteiger partial charge >= 0.3 is 18.2 Å². The first kappa shape index (κ1) is 18.5. The molecule has 0 heterocycles. The van der Waals surface area contributed by atoms with Gasteiger partial charge in [0.05, 0.1) is 0 Å². The first-order valence-corrected chi connectivity index (χ1v) is 6.51. The smallest absolute Gasteiger partial charge is 0.389 e. The number of hydrogen-bond donors (Lipinski definition) is 3. The van der Waals surface area contributed by atoms with E-state index in [2.05, 4.69) is 10.6 Å². The second-order valence-electron chi connectivity index (χ2n) is 4.75. The molecule has 0 aromatic heterocycles. The summed E-state index contributed by atoms with van der Waals surface area (Å²) in [6, 6.07) is -0.445. The Morgan fingerprint density at radius 3 is 2.40 bits per heavy atom. The van der Waals surface area contributed by atoms with E-state index >= 15 is 0 Å². The number of aliphatic carboxylic acids is 1. The number of nitrogens with one attached hydrogen (secondary N) is 2. The van der Waals surface area contributed by atoms with Crippen LogP contribution in [0.2, 0.25) is 0 Å². The van der Waals surface area contributed by atoms with Gasteiger partial charge < -0.3 is 15.7 Å². The van der Waals surface area contributed by atoms with E-state index in [1.807, 2.05) is 6.92 Å². The quantitative estimate of drug-likeness (QED) is 0.572. The van der Waals surface area contributed by atoms with E-state index < -0.39 is 24.6 Å². The summed E-state index contributed by atoms with van der Waals surface area (Å²) in [4.78, 5) is 21.6. The molecule has 0 radical (unpaired) electrons. The van der Waals surface area contributed by atoms with E-state index in [1.165, 1.54) is 0 Å². The van der Waals surface area contributed by atoms with Crippen molar-refractivity contribution in [1.82, 2.24) is 10.6 Å².